The molecular weight excluding hydrogens is 388 g/mol. The van der Waals surface area contributed by atoms with E-state index in [4.69, 9.17) is 9.84 Å². The van der Waals surface area contributed by atoms with Crippen LogP contribution in [0.25, 0.3) is 0 Å². The minimum atomic E-state index is -1.25. The molecule has 2 atom stereocenters. The van der Waals surface area contributed by atoms with Crippen LogP contribution in [0.2, 0.25) is 0 Å². The van der Waals surface area contributed by atoms with Gasteiger partial charge in [-0.05, 0) is 69.4 Å². The lowest BCUT2D eigenvalue weighted by atomic mass is 9.89. The molecule has 3 N–H and O–H groups in total. The zero-order chi connectivity index (χ0) is 21.1. The summed E-state index contributed by atoms with van der Waals surface area (Å²) >= 11 is 1.35. The van der Waals surface area contributed by atoms with Gasteiger partial charge < -0.3 is 20.1 Å². The maximum atomic E-state index is 12.6. The molecule has 29 heavy (non-hydrogen) atoms. The first-order valence-electron chi connectivity index (χ1n) is 10.2. The van der Waals surface area contributed by atoms with Gasteiger partial charge in [0.25, 0.3) is 0 Å². The molecule has 1 aromatic carbocycles. The predicted octanol–water partition coefficient (Wildman–Crippen LogP) is 3.64. The van der Waals surface area contributed by atoms with Crippen molar-refractivity contribution >= 4 is 17.5 Å². The number of Topliss-reactive ketones (excluding diaryl/α,β-unsaturated/α-hetero) is 1. The normalized spacial score (nSPS) is 21.4. The maximum Gasteiger partial charge on any atom is 0.198 e. The van der Waals surface area contributed by atoms with E-state index in [1.807, 2.05) is 36.6 Å². The lowest BCUT2D eigenvalue weighted by Gasteiger charge is -2.22. The number of para-hydroxylation sites is 1. The monoisotopic (exact) mass is 420 g/mol. The van der Waals surface area contributed by atoms with E-state index in [9.17, 15) is 15.0 Å². The van der Waals surface area contributed by atoms with Crippen LogP contribution in [0.4, 0.5) is 0 Å². The molecular formula is C23H32O5S. The quantitative estimate of drug-likeness (QED) is 0.334. The van der Waals surface area contributed by atoms with Crippen molar-refractivity contribution in [3.63, 3.8) is 0 Å². The summed E-state index contributed by atoms with van der Waals surface area (Å²) in [7, 11) is 0. The fraction of sp³-hybridized carbons (Fsp3) is 0.522. The number of ketones is 1. The van der Waals surface area contributed by atoms with Crippen LogP contribution in [0.3, 0.4) is 0 Å². The number of unbranched alkanes of at least 4 members (excludes halogenated alkanes) is 1. The van der Waals surface area contributed by atoms with Crippen molar-refractivity contribution in [2.45, 2.75) is 56.7 Å². The van der Waals surface area contributed by atoms with Crippen LogP contribution < -0.4 is 4.74 Å². The van der Waals surface area contributed by atoms with Gasteiger partial charge in [-0.2, -0.15) is 0 Å². The van der Waals surface area contributed by atoms with Crippen LogP contribution in [0, 0.1) is 0 Å². The average Bonchev–Trinajstić information content (AvgIpc) is 2.97. The highest BCUT2D eigenvalue weighted by atomic mass is 32.2. The first kappa shape index (κ1) is 23.7. The van der Waals surface area contributed by atoms with Crippen molar-refractivity contribution in [2.75, 3.05) is 19.5 Å². The van der Waals surface area contributed by atoms with Gasteiger partial charge >= 0.3 is 0 Å². The number of hydrogen-bond acceptors (Lipinski definition) is 6. The predicted molar refractivity (Wildman–Crippen MR) is 117 cm³/mol. The molecule has 0 aliphatic heterocycles. The Hall–Kier alpha value is -1.60. The second-order valence-corrected chi connectivity index (χ2v) is 8.15. The Morgan fingerprint density at radius 1 is 1.17 bits per heavy atom. The fourth-order valence-electron chi connectivity index (χ4n) is 3.41. The summed E-state index contributed by atoms with van der Waals surface area (Å²) in [5.74, 6) is 0.706. The van der Waals surface area contributed by atoms with E-state index >= 15 is 0 Å². The molecule has 0 aromatic heterocycles. The van der Waals surface area contributed by atoms with Crippen LogP contribution >= 0.6 is 11.8 Å². The molecule has 0 radical (unpaired) electrons. The van der Waals surface area contributed by atoms with Crippen LogP contribution in [0.15, 0.2) is 53.0 Å². The Morgan fingerprint density at radius 3 is 2.62 bits per heavy atom. The van der Waals surface area contributed by atoms with Crippen molar-refractivity contribution in [3.8, 4) is 5.75 Å². The number of carbonyl (C=O) groups excluding carboxylic acids is 1. The Bertz CT molecular complexity index is 700. The van der Waals surface area contributed by atoms with Crippen molar-refractivity contribution in [1.29, 1.82) is 0 Å². The lowest BCUT2D eigenvalue weighted by Crippen LogP contribution is -2.28. The zero-order valence-electron chi connectivity index (χ0n) is 17.0. The van der Waals surface area contributed by atoms with E-state index in [-0.39, 0.29) is 12.4 Å². The van der Waals surface area contributed by atoms with Gasteiger partial charge in [-0.3, -0.25) is 4.79 Å². The summed E-state index contributed by atoms with van der Waals surface area (Å²) in [6, 6.07) is 9.61. The number of benzene rings is 1. The third kappa shape index (κ3) is 7.30. The van der Waals surface area contributed by atoms with Gasteiger partial charge in [0.1, 0.15) is 11.4 Å². The second-order valence-electron chi connectivity index (χ2n) is 7.30. The molecule has 0 bridgehead atoms. The number of hydrogen-bond donors (Lipinski definition) is 3. The van der Waals surface area contributed by atoms with Gasteiger partial charge in [-0.1, -0.05) is 24.3 Å². The number of thioether (sulfide) groups is 1. The Kier molecular flexibility index (Phi) is 9.94. The molecule has 2 rings (SSSR count). The molecule has 0 spiro atoms. The van der Waals surface area contributed by atoms with E-state index in [1.165, 1.54) is 11.8 Å². The van der Waals surface area contributed by atoms with Gasteiger partial charge in [-0.25, -0.2) is 0 Å². The summed E-state index contributed by atoms with van der Waals surface area (Å²) in [5, 5.41) is 29.9. The average molecular weight is 421 g/mol. The molecule has 2 unspecified atom stereocenters. The largest absolute Gasteiger partial charge is 0.494 e. The topological polar surface area (TPSA) is 87.0 Å². The number of rotatable bonds is 13. The maximum absolute atomic E-state index is 12.6. The molecule has 160 valence electrons. The Labute approximate surface area is 177 Å². The summed E-state index contributed by atoms with van der Waals surface area (Å²) < 4.78 is 5.69. The van der Waals surface area contributed by atoms with E-state index in [0.717, 1.165) is 18.6 Å². The highest BCUT2D eigenvalue weighted by Gasteiger charge is 2.40. The smallest absolute Gasteiger partial charge is 0.198 e. The molecule has 5 nitrogen and oxygen atoms in total. The molecule has 6 heteroatoms. The van der Waals surface area contributed by atoms with Crippen LogP contribution in [0.5, 0.6) is 5.75 Å². The number of carbonyl (C=O) groups is 1. The SMILES string of the molecule is CSC1=CC(O)(CCCCOc2ccccc2)/C(=C/CCC(O)CCCO)C1=O. The van der Waals surface area contributed by atoms with Gasteiger partial charge in [0.05, 0.1) is 17.6 Å². The van der Waals surface area contributed by atoms with Crippen molar-refractivity contribution < 1.29 is 24.9 Å². The third-order valence-electron chi connectivity index (χ3n) is 5.03. The van der Waals surface area contributed by atoms with E-state index < -0.39 is 11.7 Å². The standard InChI is InChI=1S/C23H32O5S/c1-29-21-17-23(27,14-5-6-16-28-19-11-3-2-4-12-19)20(22(21)26)13-7-9-18(25)10-8-15-24/h2-4,11-13,17-18,24-25,27H,5-10,14-16H2,1H3/b20-13+. The minimum Gasteiger partial charge on any atom is -0.494 e. The number of aliphatic hydroxyl groups is 3. The highest BCUT2D eigenvalue weighted by molar-refractivity contribution is 8.03. The molecule has 0 saturated carbocycles. The van der Waals surface area contributed by atoms with Crippen molar-refractivity contribution in [3.05, 3.63) is 53.0 Å². The van der Waals surface area contributed by atoms with Gasteiger partial charge in [0.2, 0.25) is 0 Å². The van der Waals surface area contributed by atoms with E-state index in [2.05, 4.69) is 0 Å². The lowest BCUT2D eigenvalue weighted by molar-refractivity contribution is -0.112. The van der Waals surface area contributed by atoms with Crippen molar-refractivity contribution in [1.82, 2.24) is 0 Å². The van der Waals surface area contributed by atoms with Gasteiger partial charge in [-0.15, -0.1) is 11.8 Å². The first-order chi connectivity index (χ1) is 14.0. The molecule has 0 heterocycles. The minimum absolute atomic E-state index is 0.0609. The molecule has 0 fully saturated rings. The van der Waals surface area contributed by atoms with Crippen molar-refractivity contribution in [2.24, 2.45) is 0 Å². The molecule has 1 aliphatic rings. The molecule has 1 aliphatic carbocycles. The third-order valence-corrected chi connectivity index (χ3v) is 5.78. The summed E-state index contributed by atoms with van der Waals surface area (Å²) in [6.07, 6.45) is 8.85. The number of aliphatic hydroxyl groups excluding tert-OH is 2. The van der Waals surface area contributed by atoms with Crippen LogP contribution in [-0.2, 0) is 4.79 Å². The molecule has 1 aromatic rings. The Balaban J connectivity index is 1.88. The van der Waals surface area contributed by atoms with Gasteiger partial charge in [0, 0.05) is 12.2 Å². The first-order valence-corrected chi connectivity index (χ1v) is 11.4. The Morgan fingerprint density at radius 2 is 1.93 bits per heavy atom. The van der Waals surface area contributed by atoms with Gasteiger partial charge in [0.15, 0.2) is 5.78 Å². The molecule has 0 amide bonds. The number of ether oxygens (including phenoxy) is 1. The number of allylic oxidation sites excluding steroid dienone is 2. The second kappa shape index (κ2) is 12.2. The highest BCUT2D eigenvalue weighted by Crippen LogP contribution is 2.39. The molecule has 0 saturated heterocycles. The summed E-state index contributed by atoms with van der Waals surface area (Å²) in [5.41, 5.74) is -0.835. The van der Waals surface area contributed by atoms with E-state index in [0.29, 0.717) is 49.2 Å². The zero-order valence-corrected chi connectivity index (χ0v) is 17.9. The van der Waals surface area contributed by atoms with Crippen LogP contribution in [-0.4, -0.2) is 52.3 Å². The summed E-state index contributed by atoms with van der Waals surface area (Å²) in [4.78, 5) is 13.2. The fourth-order valence-corrected chi connectivity index (χ4v) is 4.02. The van der Waals surface area contributed by atoms with Crippen LogP contribution in [0.1, 0.15) is 44.9 Å². The summed E-state index contributed by atoms with van der Waals surface area (Å²) in [6.45, 7) is 0.620. The van der Waals surface area contributed by atoms with E-state index in [1.54, 1.807) is 12.2 Å².